The molecule has 3 N–H and O–H groups in total. The molecule has 150 valence electrons. The van der Waals surface area contributed by atoms with E-state index >= 15 is 0 Å². The van der Waals surface area contributed by atoms with Crippen LogP contribution in [0.25, 0.3) is 46.4 Å². The van der Waals surface area contributed by atoms with Crippen LogP contribution in [0.1, 0.15) is 22.8 Å². The summed E-state index contributed by atoms with van der Waals surface area (Å²) in [6.07, 6.45) is 13.1. The Morgan fingerprint density at radius 2 is 1.03 bits per heavy atom. The minimum absolute atomic E-state index is 0. The summed E-state index contributed by atoms with van der Waals surface area (Å²) >= 11 is 0. The van der Waals surface area contributed by atoms with Crippen molar-refractivity contribution in [1.29, 1.82) is 0 Å². The largest absolute Gasteiger partial charge is 0.355 e. The number of aromatic amines is 3. The molecule has 0 spiro atoms. The fourth-order valence-electron chi connectivity index (χ4n) is 3.16. The Kier molecular flexibility index (Phi) is 5.73. The van der Waals surface area contributed by atoms with Crippen LogP contribution in [0.2, 0.25) is 0 Å². The van der Waals surface area contributed by atoms with Crippen molar-refractivity contribution in [3.63, 3.8) is 0 Å². The van der Waals surface area contributed by atoms with Gasteiger partial charge in [0.2, 0.25) is 0 Å². The molecule has 4 aromatic heterocycles. The third-order valence-corrected chi connectivity index (χ3v) is 4.45. The average molecular weight is 437 g/mol. The molecule has 6 heterocycles. The number of aromatic nitrogens is 6. The molecule has 0 saturated heterocycles. The number of hydrogen-bond acceptors (Lipinski definition) is 3. The number of nitrogens with one attached hydrogen (secondary N) is 3. The van der Waals surface area contributed by atoms with Gasteiger partial charge in [-0.15, -0.1) is 0 Å². The number of H-pyrrole nitrogens is 3. The molecule has 0 fully saturated rings. The molecule has 4 aromatic rings. The fourth-order valence-corrected chi connectivity index (χ4v) is 3.16. The maximum Gasteiger partial charge on any atom is 0.0919 e. The third kappa shape index (κ3) is 4.65. The normalized spacial score (nSPS) is 11.5. The van der Waals surface area contributed by atoms with Gasteiger partial charge in [0.15, 0.2) is 0 Å². The Labute approximate surface area is 182 Å². The molecule has 6 nitrogen and oxygen atoms in total. The van der Waals surface area contributed by atoms with E-state index in [1.165, 1.54) is 0 Å². The summed E-state index contributed by atoms with van der Waals surface area (Å²) in [6.45, 7) is 0. The van der Waals surface area contributed by atoms with Gasteiger partial charge in [0.25, 0.3) is 0 Å². The van der Waals surface area contributed by atoms with Crippen LogP contribution in [0.5, 0.6) is 0 Å². The van der Waals surface area contributed by atoms with Gasteiger partial charge in [-0.25, -0.2) is 15.0 Å². The van der Waals surface area contributed by atoms with E-state index < -0.39 is 0 Å². The van der Waals surface area contributed by atoms with Crippen molar-refractivity contribution in [2.45, 2.75) is 0 Å². The minimum Gasteiger partial charge on any atom is -0.355 e. The summed E-state index contributed by atoms with van der Waals surface area (Å²) in [5.41, 5.74) is 7.86. The smallest absolute Gasteiger partial charge is 0.0919 e. The second kappa shape index (κ2) is 8.76. The average Bonchev–Trinajstić information content (AvgIpc) is 3.50. The van der Waals surface area contributed by atoms with E-state index in [9.17, 15) is 0 Å². The van der Waals surface area contributed by atoms with Crippen LogP contribution >= 0.6 is 0 Å². The molecule has 0 aromatic carbocycles. The molecule has 2 aliphatic heterocycles. The van der Waals surface area contributed by atoms with Gasteiger partial charge in [0.1, 0.15) is 0 Å². The van der Waals surface area contributed by atoms with Gasteiger partial charge in [-0.05, 0) is 72.8 Å². The van der Waals surface area contributed by atoms with Crippen molar-refractivity contribution < 1.29 is 16.5 Å². The van der Waals surface area contributed by atoms with Gasteiger partial charge in [-0.3, -0.25) is 0 Å². The Morgan fingerprint density at radius 3 is 1.43 bits per heavy atom. The van der Waals surface area contributed by atoms with Crippen LogP contribution in [0.4, 0.5) is 0 Å². The number of fused-ring (bicyclic) bond motifs is 8. The third-order valence-electron chi connectivity index (χ3n) is 4.45. The molecular formula is C23H18N6Ni. The second-order valence-electron chi connectivity index (χ2n) is 6.67. The van der Waals surface area contributed by atoms with E-state index in [0.29, 0.717) is 0 Å². The van der Waals surface area contributed by atoms with Crippen LogP contribution < -0.4 is 0 Å². The molecule has 0 unspecified atom stereocenters. The zero-order valence-corrected chi connectivity index (χ0v) is 16.8. The van der Waals surface area contributed by atoms with Crippen molar-refractivity contribution in [3.05, 3.63) is 90.0 Å². The number of hydrogen-bond donors (Lipinski definition) is 3. The Hall–Kier alpha value is -3.70. The molecule has 0 saturated carbocycles. The van der Waals surface area contributed by atoms with E-state index in [-0.39, 0.29) is 16.5 Å². The SMILES string of the molecule is C1=Cc2cc3ccc(cc4ccc(cc5nc(cc1n2)C=C5)[nH]4)[nH]3.[Ni].c1c[nH]cn1. The van der Waals surface area contributed by atoms with Crippen molar-refractivity contribution in [2.24, 2.45) is 0 Å². The summed E-state index contributed by atoms with van der Waals surface area (Å²) in [5, 5.41) is 0. The standard InChI is InChI=1S/C20H14N4.C3H4N2.Ni/c1-2-14-10-16-5-6-18(23-16)12-20-8-7-19(24-20)11-17-4-3-15(22-17)9-13(1)21-14;1-2-5-3-4-1;/h1-12,21-22H;1-3H,(H,4,5);. The molecule has 7 heteroatoms. The first-order valence-electron chi connectivity index (χ1n) is 9.27. The molecular weight excluding hydrogens is 419 g/mol. The van der Waals surface area contributed by atoms with Crippen LogP contribution in [0.3, 0.4) is 0 Å². The molecule has 0 atom stereocenters. The van der Waals surface area contributed by atoms with Crippen LogP contribution in [0, 0.1) is 0 Å². The zero-order valence-electron chi connectivity index (χ0n) is 15.8. The predicted molar refractivity (Wildman–Crippen MR) is 117 cm³/mol. The van der Waals surface area contributed by atoms with Gasteiger partial charge in [-0.1, -0.05) is 0 Å². The van der Waals surface area contributed by atoms with Crippen molar-refractivity contribution in [3.8, 4) is 0 Å². The van der Waals surface area contributed by atoms with Crippen LogP contribution in [-0.2, 0) is 16.5 Å². The van der Waals surface area contributed by atoms with Gasteiger partial charge in [0, 0.05) is 51.0 Å². The first kappa shape index (κ1) is 19.6. The molecule has 30 heavy (non-hydrogen) atoms. The molecule has 0 amide bonds. The second-order valence-corrected chi connectivity index (χ2v) is 6.67. The molecule has 6 rings (SSSR count). The summed E-state index contributed by atoms with van der Waals surface area (Å²) in [7, 11) is 0. The predicted octanol–water partition coefficient (Wildman–Crippen LogP) is 5.06. The summed E-state index contributed by atoms with van der Waals surface area (Å²) < 4.78 is 0. The van der Waals surface area contributed by atoms with Crippen molar-refractivity contribution in [1.82, 2.24) is 29.9 Å². The molecule has 0 aliphatic carbocycles. The van der Waals surface area contributed by atoms with E-state index in [1.54, 1.807) is 18.7 Å². The van der Waals surface area contributed by atoms with Crippen LogP contribution in [0.15, 0.2) is 67.3 Å². The van der Waals surface area contributed by atoms with E-state index in [2.05, 4.69) is 60.2 Å². The van der Waals surface area contributed by atoms with E-state index in [1.807, 2.05) is 42.5 Å². The first-order valence-corrected chi connectivity index (χ1v) is 9.27. The Bertz CT molecular complexity index is 1250. The summed E-state index contributed by atoms with van der Waals surface area (Å²) in [5.74, 6) is 0. The Balaban J connectivity index is 0.000000321. The maximum absolute atomic E-state index is 4.62. The van der Waals surface area contributed by atoms with Crippen LogP contribution in [-0.4, -0.2) is 29.9 Å². The minimum atomic E-state index is 0. The number of rotatable bonds is 0. The topological polar surface area (TPSA) is 86.0 Å². The van der Waals surface area contributed by atoms with Gasteiger partial charge in [0.05, 0.1) is 29.1 Å². The summed E-state index contributed by atoms with van der Waals surface area (Å²) in [6, 6.07) is 16.4. The monoisotopic (exact) mass is 436 g/mol. The van der Waals surface area contributed by atoms with Gasteiger partial charge >= 0.3 is 0 Å². The molecule has 0 radical (unpaired) electrons. The number of nitrogens with zero attached hydrogens (tertiary/aromatic N) is 3. The maximum atomic E-state index is 4.62. The quantitative estimate of drug-likeness (QED) is 0.291. The zero-order chi connectivity index (χ0) is 19.5. The number of imidazole rings is 1. The van der Waals surface area contributed by atoms with E-state index in [0.717, 1.165) is 44.8 Å². The first-order chi connectivity index (χ1) is 14.3. The van der Waals surface area contributed by atoms with Crippen molar-refractivity contribution in [2.75, 3.05) is 0 Å². The van der Waals surface area contributed by atoms with E-state index in [4.69, 9.17) is 0 Å². The fraction of sp³-hybridized carbons (Fsp3) is 0. The van der Waals surface area contributed by atoms with Gasteiger partial charge in [-0.2, -0.15) is 0 Å². The van der Waals surface area contributed by atoms with Crippen molar-refractivity contribution >= 4 is 46.4 Å². The molecule has 2 aliphatic rings. The molecule has 8 bridgehead atoms. The van der Waals surface area contributed by atoms with Gasteiger partial charge < -0.3 is 15.0 Å². The summed E-state index contributed by atoms with van der Waals surface area (Å²) in [4.78, 5) is 22.4. The Morgan fingerprint density at radius 1 is 0.567 bits per heavy atom.